The summed E-state index contributed by atoms with van der Waals surface area (Å²) in [7, 11) is 0. The fraction of sp³-hybridized carbons (Fsp3) is 0.588. The zero-order chi connectivity index (χ0) is 17.9. The fourth-order valence-corrected chi connectivity index (χ4v) is 2.76. The summed E-state index contributed by atoms with van der Waals surface area (Å²) in [6.07, 6.45) is -4.19. The minimum absolute atomic E-state index is 0.148. The Labute approximate surface area is 140 Å². The van der Waals surface area contributed by atoms with Crippen molar-refractivity contribution in [1.82, 2.24) is 15.1 Å². The number of piperazine rings is 1. The summed E-state index contributed by atoms with van der Waals surface area (Å²) in [6.45, 7) is 6.14. The SMILES string of the molecule is Cc1ccc(C(C)NC(=O)N2CCN(CC(F)(F)F)CC2)cc1C. The maximum Gasteiger partial charge on any atom is 0.401 e. The van der Waals surface area contributed by atoms with Crippen LogP contribution in [0.4, 0.5) is 18.0 Å². The Morgan fingerprint density at radius 2 is 1.79 bits per heavy atom. The normalized spacial score (nSPS) is 17.7. The van der Waals surface area contributed by atoms with Gasteiger partial charge in [0.2, 0.25) is 0 Å². The highest BCUT2D eigenvalue weighted by Crippen LogP contribution is 2.19. The maximum absolute atomic E-state index is 12.4. The average molecular weight is 343 g/mol. The number of hydrogen-bond acceptors (Lipinski definition) is 2. The lowest BCUT2D eigenvalue weighted by molar-refractivity contribution is -0.148. The van der Waals surface area contributed by atoms with Gasteiger partial charge in [0.1, 0.15) is 0 Å². The summed E-state index contributed by atoms with van der Waals surface area (Å²) in [5.74, 6) is 0. The van der Waals surface area contributed by atoms with E-state index in [0.717, 1.165) is 11.1 Å². The first kappa shape index (κ1) is 18.6. The lowest BCUT2D eigenvalue weighted by Gasteiger charge is -2.35. The van der Waals surface area contributed by atoms with Crippen LogP contribution in [-0.4, -0.2) is 54.7 Å². The number of carbonyl (C=O) groups excluding carboxylic acids is 1. The minimum Gasteiger partial charge on any atom is -0.331 e. The third-order valence-electron chi connectivity index (χ3n) is 4.43. The molecule has 1 aliphatic rings. The number of benzene rings is 1. The first-order chi connectivity index (χ1) is 11.2. The zero-order valence-corrected chi connectivity index (χ0v) is 14.3. The van der Waals surface area contributed by atoms with E-state index in [4.69, 9.17) is 0 Å². The first-order valence-electron chi connectivity index (χ1n) is 8.07. The molecule has 1 aliphatic heterocycles. The van der Waals surface area contributed by atoms with Crippen LogP contribution in [0.1, 0.15) is 29.7 Å². The molecule has 24 heavy (non-hydrogen) atoms. The minimum atomic E-state index is -4.19. The molecule has 0 bridgehead atoms. The molecule has 0 aliphatic carbocycles. The van der Waals surface area contributed by atoms with Crippen LogP contribution in [0.3, 0.4) is 0 Å². The Kier molecular flexibility index (Phi) is 5.74. The summed E-state index contributed by atoms with van der Waals surface area (Å²) in [5.41, 5.74) is 3.37. The zero-order valence-electron chi connectivity index (χ0n) is 14.3. The molecule has 1 fully saturated rings. The molecule has 1 N–H and O–H groups in total. The van der Waals surface area contributed by atoms with Crippen LogP contribution in [0.25, 0.3) is 0 Å². The number of halogens is 3. The van der Waals surface area contributed by atoms with E-state index in [-0.39, 0.29) is 25.2 Å². The van der Waals surface area contributed by atoms with Gasteiger partial charge in [-0.15, -0.1) is 0 Å². The Balaban J connectivity index is 1.86. The van der Waals surface area contributed by atoms with E-state index < -0.39 is 12.7 Å². The Hall–Kier alpha value is -1.76. The van der Waals surface area contributed by atoms with Gasteiger partial charge in [-0.05, 0) is 37.5 Å². The molecule has 0 aromatic heterocycles. The molecule has 0 spiro atoms. The first-order valence-corrected chi connectivity index (χ1v) is 8.07. The van der Waals surface area contributed by atoms with Crippen molar-refractivity contribution in [3.63, 3.8) is 0 Å². The van der Waals surface area contributed by atoms with Gasteiger partial charge in [-0.25, -0.2) is 4.79 Å². The van der Waals surface area contributed by atoms with Crippen LogP contribution in [0.5, 0.6) is 0 Å². The molecule has 134 valence electrons. The largest absolute Gasteiger partial charge is 0.401 e. The molecule has 2 amide bonds. The van der Waals surface area contributed by atoms with Crippen molar-refractivity contribution in [2.75, 3.05) is 32.7 Å². The van der Waals surface area contributed by atoms with E-state index in [1.165, 1.54) is 10.5 Å². The highest BCUT2D eigenvalue weighted by molar-refractivity contribution is 5.74. The van der Waals surface area contributed by atoms with Crippen molar-refractivity contribution in [2.45, 2.75) is 33.0 Å². The number of amides is 2. The van der Waals surface area contributed by atoms with Crippen LogP contribution in [-0.2, 0) is 0 Å². The van der Waals surface area contributed by atoms with Gasteiger partial charge >= 0.3 is 12.2 Å². The fourth-order valence-electron chi connectivity index (χ4n) is 2.76. The molecule has 1 aromatic carbocycles. The van der Waals surface area contributed by atoms with Crippen molar-refractivity contribution in [3.8, 4) is 0 Å². The predicted molar refractivity (Wildman–Crippen MR) is 86.9 cm³/mol. The molecular weight excluding hydrogens is 319 g/mol. The topological polar surface area (TPSA) is 35.6 Å². The van der Waals surface area contributed by atoms with Crippen molar-refractivity contribution < 1.29 is 18.0 Å². The summed E-state index contributed by atoms with van der Waals surface area (Å²) in [6, 6.07) is 5.66. The van der Waals surface area contributed by atoms with Crippen LogP contribution < -0.4 is 5.32 Å². The monoisotopic (exact) mass is 343 g/mol. The smallest absolute Gasteiger partial charge is 0.331 e. The molecule has 1 unspecified atom stereocenters. The van der Waals surface area contributed by atoms with E-state index in [9.17, 15) is 18.0 Å². The molecule has 7 heteroatoms. The van der Waals surface area contributed by atoms with E-state index in [1.54, 1.807) is 4.90 Å². The second kappa shape index (κ2) is 7.42. The summed E-state index contributed by atoms with van der Waals surface area (Å²) >= 11 is 0. The Morgan fingerprint density at radius 1 is 1.17 bits per heavy atom. The second-order valence-corrected chi connectivity index (χ2v) is 6.39. The van der Waals surface area contributed by atoms with Gasteiger partial charge in [0.05, 0.1) is 12.6 Å². The molecule has 0 saturated carbocycles. The second-order valence-electron chi connectivity index (χ2n) is 6.39. The van der Waals surface area contributed by atoms with Crippen molar-refractivity contribution >= 4 is 6.03 Å². The number of alkyl halides is 3. The van der Waals surface area contributed by atoms with Crippen LogP contribution in [0.2, 0.25) is 0 Å². The van der Waals surface area contributed by atoms with E-state index >= 15 is 0 Å². The van der Waals surface area contributed by atoms with Crippen LogP contribution in [0.15, 0.2) is 18.2 Å². The van der Waals surface area contributed by atoms with E-state index in [2.05, 4.69) is 5.32 Å². The summed E-state index contributed by atoms with van der Waals surface area (Å²) in [5, 5.41) is 2.92. The number of hydrogen-bond donors (Lipinski definition) is 1. The van der Waals surface area contributed by atoms with Crippen LogP contribution in [0, 0.1) is 13.8 Å². The maximum atomic E-state index is 12.4. The molecule has 1 aromatic rings. The highest BCUT2D eigenvalue weighted by atomic mass is 19.4. The van der Waals surface area contributed by atoms with Crippen molar-refractivity contribution in [1.29, 1.82) is 0 Å². The van der Waals surface area contributed by atoms with Gasteiger partial charge in [-0.1, -0.05) is 18.2 Å². The molecule has 2 rings (SSSR count). The third-order valence-corrected chi connectivity index (χ3v) is 4.43. The molecular formula is C17H24F3N3O. The lowest BCUT2D eigenvalue weighted by atomic mass is 10.0. The predicted octanol–water partition coefficient (Wildman–Crippen LogP) is 3.25. The molecule has 0 radical (unpaired) electrons. The van der Waals surface area contributed by atoms with Gasteiger partial charge in [0, 0.05) is 26.2 Å². The standard InChI is InChI=1S/C17H24F3N3O/c1-12-4-5-15(10-13(12)2)14(3)21-16(24)23-8-6-22(7-9-23)11-17(18,19)20/h4-5,10,14H,6-9,11H2,1-3H3,(H,21,24). The number of nitrogens with zero attached hydrogens (tertiary/aromatic N) is 2. The molecule has 4 nitrogen and oxygen atoms in total. The highest BCUT2D eigenvalue weighted by Gasteiger charge is 2.33. The van der Waals surface area contributed by atoms with Gasteiger partial charge < -0.3 is 10.2 Å². The number of rotatable bonds is 3. The molecule has 1 heterocycles. The van der Waals surface area contributed by atoms with E-state index in [1.807, 2.05) is 39.0 Å². The van der Waals surface area contributed by atoms with Gasteiger partial charge in [-0.2, -0.15) is 13.2 Å². The van der Waals surface area contributed by atoms with Gasteiger partial charge in [0.25, 0.3) is 0 Å². The van der Waals surface area contributed by atoms with Crippen LogP contribution >= 0.6 is 0 Å². The number of carbonyl (C=O) groups is 1. The number of urea groups is 1. The summed E-state index contributed by atoms with van der Waals surface area (Å²) < 4.78 is 37.1. The Bertz CT molecular complexity index is 581. The average Bonchev–Trinajstić information content (AvgIpc) is 2.49. The van der Waals surface area contributed by atoms with Gasteiger partial charge in [0.15, 0.2) is 0 Å². The quantitative estimate of drug-likeness (QED) is 0.914. The number of aryl methyl sites for hydroxylation is 2. The summed E-state index contributed by atoms with van der Waals surface area (Å²) in [4.78, 5) is 15.2. The number of nitrogens with one attached hydrogen (secondary N) is 1. The van der Waals surface area contributed by atoms with Gasteiger partial charge in [-0.3, -0.25) is 4.90 Å². The van der Waals surface area contributed by atoms with Crippen molar-refractivity contribution in [3.05, 3.63) is 34.9 Å². The molecule has 1 atom stereocenters. The molecule has 1 saturated heterocycles. The van der Waals surface area contributed by atoms with Crippen molar-refractivity contribution in [2.24, 2.45) is 0 Å². The van der Waals surface area contributed by atoms with E-state index in [0.29, 0.717) is 13.1 Å². The Morgan fingerprint density at radius 3 is 2.33 bits per heavy atom. The lowest BCUT2D eigenvalue weighted by Crippen LogP contribution is -2.53. The third kappa shape index (κ3) is 5.12.